The molecule has 3 nitrogen and oxygen atoms in total. The molecule has 0 aliphatic heterocycles. The molecule has 0 aromatic heterocycles. The minimum atomic E-state index is -0.0825. The van der Waals surface area contributed by atoms with Crippen molar-refractivity contribution in [2.75, 3.05) is 0 Å². The summed E-state index contributed by atoms with van der Waals surface area (Å²) < 4.78 is 0. The highest BCUT2D eigenvalue weighted by Gasteiger charge is 2.14. The van der Waals surface area contributed by atoms with Crippen LogP contribution in [-0.2, 0) is 0 Å². The van der Waals surface area contributed by atoms with Crippen molar-refractivity contribution in [3.63, 3.8) is 0 Å². The first-order chi connectivity index (χ1) is 8.45. The van der Waals surface area contributed by atoms with E-state index in [4.69, 9.17) is 18.0 Å². The summed E-state index contributed by atoms with van der Waals surface area (Å²) in [6.45, 7) is 6.25. The third-order valence-corrected chi connectivity index (χ3v) is 3.50. The number of thiocarbonyl (C=S) groups is 1. The number of nitrogens with one attached hydrogen (secondary N) is 1. The van der Waals surface area contributed by atoms with E-state index in [0.29, 0.717) is 22.0 Å². The number of nitrogens with two attached hydrogens (primary N) is 1. The van der Waals surface area contributed by atoms with Gasteiger partial charge in [-0.25, -0.2) is 0 Å². The van der Waals surface area contributed by atoms with Crippen molar-refractivity contribution in [3.8, 4) is 0 Å². The lowest BCUT2D eigenvalue weighted by Crippen LogP contribution is -2.36. The zero-order chi connectivity index (χ0) is 13.7. The fourth-order valence-corrected chi connectivity index (χ4v) is 1.73. The Labute approximate surface area is 114 Å². The average molecular weight is 264 g/mol. The standard InChI is InChI=1S/C14H20N2OS/c1-4-9(2)10(3)16-14(17)12-7-5-6-11(8-12)13(15)18/h5-10H,4H2,1-3H3,(H2,15,18)(H,16,17). The first kappa shape index (κ1) is 14.6. The predicted octanol–water partition coefficient (Wildman–Crippen LogP) is 2.49. The van der Waals surface area contributed by atoms with Crippen LogP contribution in [0.2, 0.25) is 0 Å². The first-order valence-electron chi connectivity index (χ1n) is 6.16. The molecule has 98 valence electrons. The van der Waals surface area contributed by atoms with E-state index >= 15 is 0 Å². The minimum absolute atomic E-state index is 0.0825. The molecule has 0 saturated carbocycles. The Balaban J connectivity index is 2.78. The quantitative estimate of drug-likeness (QED) is 0.803. The fourth-order valence-electron chi connectivity index (χ4n) is 1.60. The molecule has 0 radical (unpaired) electrons. The molecule has 1 rings (SSSR count). The van der Waals surface area contributed by atoms with Crippen molar-refractivity contribution < 1.29 is 4.79 Å². The van der Waals surface area contributed by atoms with Crippen LogP contribution in [0.3, 0.4) is 0 Å². The van der Waals surface area contributed by atoms with E-state index in [9.17, 15) is 4.79 Å². The molecule has 1 amide bonds. The Bertz CT molecular complexity index is 445. The number of rotatable bonds is 5. The minimum Gasteiger partial charge on any atom is -0.389 e. The molecule has 0 saturated heterocycles. The molecule has 0 heterocycles. The predicted molar refractivity (Wildman–Crippen MR) is 78.7 cm³/mol. The van der Waals surface area contributed by atoms with Crippen molar-refractivity contribution in [2.45, 2.75) is 33.2 Å². The lowest BCUT2D eigenvalue weighted by Gasteiger charge is -2.20. The monoisotopic (exact) mass is 264 g/mol. The number of amides is 1. The molecule has 0 aliphatic carbocycles. The van der Waals surface area contributed by atoms with Gasteiger partial charge >= 0.3 is 0 Å². The summed E-state index contributed by atoms with van der Waals surface area (Å²) in [5, 5.41) is 2.99. The highest BCUT2D eigenvalue weighted by molar-refractivity contribution is 7.80. The van der Waals surface area contributed by atoms with E-state index in [0.717, 1.165) is 6.42 Å². The fraction of sp³-hybridized carbons (Fsp3) is 0.429. The number of hydrogen-bond donors (Lipinski definition) is 2. The van der Waals surface area contributed by atoms with Crippen LogP contribution in [0.25, 0.3) is 0 Å². The number of hydrogen-bond acceptors (Lipinski definition) is 2. The zero-order valence-electron chi connectivity index (χ0n) is 11.1. The van der Waals surface area contributed by atoms with Crippen LogP contribution in [-0.4, -0.2) is 16.9 Å². The van der Waals surface area contributed by atoms with Gasteiger partial charge in [0.05, 0.1) is 0 Å². The molecule has 2 unspecified atom stereocenters. The van der Waals surface area contributed by atoms with Crippen molar-refractivity contribution >= 4 is 23.1 Å². The zero-order valence-corrected chi connectivity index (χ0v) is 11.9. The van der Waals surface area contributed by atoms with Gasteiger partial charge in [0.15, 0.2) is 0 Å². The number of benzene rings is 1. The highest BCUT2D eigenvalue weighted by Crippen LogP contribution is 2.09. The van der Waals surface area contributed by atoms with E-state index < -0.39 is 0 Å². The van der Waals surface area contributed by atoms with Gasteiger partial charge in [-0.3, -0.25) is 4.79 Å². The smallest absolute Gasteiger partial charge is 0.251 e. The van der Waals surface area contributed by atoms with E-state index in [1.165, 1.54) is 0 Å². The molecule has 18 heavy (non-hydrogen) atoms. The molecule has 1 aromatic carbocycles. The highest BCUT2D eigenvalue weighted by atomic mass is 32.1. The van der Waals surface area contributed by atoms with Gasteiger partial charge in [0, 0.05) is 17.2 Å². The average Bonchev–Trinajstić information content (AvgIpc) is 2.37. The van der Waals surface area contributed by atoms with Gasteiger partial charge in [0.1, 0.15) is 4.99 Å². The number of carbonyl (C=O) groups excluding carboxylic acids is 1. The maximum atomic E-state index is 12.1. The Kier molecular flexibility index (Phi) is 5.28. The lowest BCUT2D eigenvalue weighted by molar-refractivity contribution is 0.0928. The van der Waals surface area contributed by atoms with Gasteiger partial charge in [-0.2, -0.15) is 0 Å². The molecule has 2 atom stereocenters. The normalized spacial score (nSPS) is 13.7. The van der Waals surface area contributed by atoms with E-state index in [-0.39, 0.29) is 11.9 Å². The molecule has 0 bridgehead atoms. The molecular weight excluding hydrogens is 244 g/mol. The molecule has 0 fully saturated rings. The van der Waals surface area contributed by atoms with Crippen LogP contribution in [0.1, 0.15) is 43.1 Å². The molecule has 0 aliphatic rings. The Morgan fingerprint density at radius 3 is 2.56 bits per heavy atom. The first-order valence-corrected chi connectivity index (χ1v) is 6.57. The largest absolute Gasteiger partial charge is 0.389 e. The second-order valence-electron chi connectivity index (χ2n) is 4.59. The van der Waals surface area contributed by atoms with E-state index in [1.54, 1.807) is 24.3 Å². The summed E-state index contributed by atoms with van der Waals surface area (Å²) in [6.07, 6.45) is 1.04. The van der Waals surface area contributed by atoms with Crippen LogP contribution in [0.5, 0.6) is 0 Å². The van der Waals surface area contributed by atoms with Crippen molar-refractivity contribution in [3.05, 3.63) is 35.4 Å². The number of carbonyl (C=O) groups is 1. The third kappa shape index (κ3) is 3.81. The van der Waals surface area contributed by atoms with Gasteiger partial charge in [-0.05, 0) is 25.0 Å². The SMILES string of the molecule is CCC(C)C(C)NC(=O)c1cccc(C(N)=S)c1. The second-order valence-corrected chi connectivity index (χ2v) is 5.03. The maximum Gasteiger partial charge on any atom is 0.251 e. The van der Waals surface area contributed by atoms with Crippen LogP contribution in [0.4, 0.5) is 0 Å². The summed E-state index contributed by atoms with van der Waals surface area (Å²) in [6, 6.07) is 7.23. The molecule has 4 heteroatoms. The summed E-state index contributed by atoms with van der Waals surface area (Å²) in [5.41, 5.74) is 6.86. The molecule has 3 N–H and O–H groups in total. The van der Waals surface area contributed by atoms with Crippen LogP contribution in [0.15, 0.2) is 24.3 Å². The van der Waals surface area contributed by atoms with Crippen LogP contribution >= 0.6 is 12.2 Å². The van der Waals surface area contributed by atoms with Gasteiger partial charge in [0.2, 0.25) is 0 Å². The Morgan fingerprint density at radius 2 is 2.00 bits per heavy atom. The van der Waals surface area contributed by atoms with E-state index in [1.807, 2.05) is 6.92 Å². The van der Waals surface area contributed by atoms with Crippen molar-refractivity contribution in [2.24, 2.45) is 11.7 Å². The molecular formula is C14H20N2OS. The van der Waals surface area contributed by atoms with E-state index in [2.05, 4.69) is 19.2 Å². The Hall–Kier alpha value is -1.42. The summed E-state index contributed by atoms with van der Waals surface area (Å²) in [5.74, 6) is 0.369. The molecule has 0 spiro atoms. The topological polar surface area (TPSA) is 55.1 Å². The van der Waals surface area contributed by atoms with Gasteiger partial charge in [-0.1, -0.05) is 44.6 Å². The maximum absolute atomic E-state index is 12.1. The van der Waals surface area contributed by atoms with Crippen molar-refractivity contribution in [1.29, 1.82) is 0 Å². The summed E-state index contributed by atoms with van der Waals surface area (Å²) in [4.78, 5) is 12.4. The van der Waals surface area contributed by atoms with Gasteiger partial charge < -0.3 is 11.1 Å². The van der Waals surface area contributed by atoms with Crippen LogP contribution in [0, 0.1) is 5.92 Å². The van der Waals surface area contributed by atoms with Gasteiger partial charge in [0.25, 0.3) is 5.91 Å². The van der Waals surface area contributed by atoms with Gasteiger partial charge in [-0.15, -0.1) is 0 Å². The van der Waals surface area contributed by atoms with Crippen LogP contribution < -0.4 is 11.1 Å². The summed E-state index contributed by atoms with van der Waals surface area (Å²) in [7, 11) is 0. The second kappa shape index (κ2) is 6.50. The Morgan fingerprint density at radius 1 is 1.39 bits per heavy atom. The lowest BCUT2D eigenvalue weighted by atomic mass is 10.0. The van der Waals surface area contributed by atoms with Crippen molar-refractivity contribution in [1.82, 2.24) is 5.32 Å². The summed E-state index contributed by atoms with van der Waals surface area (Å²) >= 11 is 4.90. The molecule has 1 aromatic rings. The third-order valence-electron chi connectivity index (χ3n) is 3.27.